The average Bonchev–Trinajstić information content (AvgIpc) is 2.95. The molecule has 0 amide bonds. The van der Waals surface area contributed by atoms with Gasteiger partial charge >= 0.3 is 0 Å². The summed E-state index contributed by atoms with van der Waals surface area (Å²) in [4.78, 5) is 0. The summed E-state index contributed by atoms with van der Waals surface area (Å²) in [6.45, 7) is 6.05. The molecule has 0 bridgehead atoms. The van der Waals surface area contributed by atoms with E-state index < -0.39 is 0 Å². The fraction of sp³-hybridized carbons (Fsp3) is 0.529. The van der Waals surface area contributed by atoms with Gasteiger partial charge in [0, 0.05) is 13.1 Å². The maximum Gasteiger partial charge on any atom is 0.132 e. The monoisotopic (exact) mass is 302 g/mol. The van der Waals surface area contributed by atoms with Gasteiger partial charge in [0.25, 0.3) is 0 Å². The van der Waals surface area contributed by atoms with Crippen LogP contribution in [0.5, 0.6) is 5.75 Å². The highest BCUT2D eigenvalue weighted by molar-refractivity contribution is 5.28. The van der Waals surface area contributed by atoms with Gasteiger partial charge in [0.05, 0.1) is 0 Å². The molecule has 0 saturated heterocycles. The van der Waals surface area contributed by atoms with Gasteiger partial charge in [-0.05, 0) is 30.5 Å². The van der Waals surface area contributed by atoms with Crippen LogP contribution in [0.25, 0.3) is 0 Å². The number of hydrogen-bond acceptors (Lipinski definition) is 4. The highest BCUT2D eigenvalue weighted by atomic mass is 16.5. The van der Waals surface area contributed by atoms with Crippen molar-refractivity contribution in [1.82, 2.24) is 15.0 Å². The lowest BCUT2D eigenvalue weighted by molar-refractivity contribution is 0.289. The summed E-state index contributed by atoms with van der Waals surface area (Å²) < 4.78 is 7.86. The molecular weight excluding hydrogens is 276 g/mol. The minimum absolute atomic E-state index is 0.390. The van der Waals surface area contributed by atoms with Crippen LogP contribution in [0, 0.1) is 0 Å². The van der Waals surface area contributed by atoms with E-state index in [-0.39, 0.29) is 0 Å². The van der Waals surface area contributed by atoms with Crippen LogP contribution in [-0.4, -0.2) is 15.0 Å². The maximum absolute atomic E-state index is 5.93. The normalized spacial score (nSPS) is 10.9. The third kappa shape index (κ3) is 4.31. The highest BCUT2D eigenvalue weighted by Crippen LogP contribution is 2.17. The standard InChI is InChI=1S/C17H26N4O/c1-3-5-6-10-21-17(16(12-18)19-20-21)13-22-15-9-7-8-14(4-2)11-15/h7-9,11H,3-6,10,12-13,18H2,1-2H3. The summed E-state index contributed by atoms with van der Waals surface area (Å²) in [5.74, 6) is 0.878. The van der Waals surface area contributed by atoms with Gasteiger partial charge < -0.3 is 10.5 Å². The fourth-order valence-electron chi connectivity index (χ4n) is 2.38. The minimum Gasteiger partial charge on any atom is -0.487 e. The van der Waals surface area contributed by atoms with E-state index in [1.54, 1.807) is 0 Å². The molecule has 0 radical (unpaired) electrons. The van der Waals surface area contributed by atoms with Crippen LogP contribution >= 0.6 is 0 Å². The second-order valence-electron chi connectivity index (χ2n) is 5.41. The molecule has 5 nitrogen and oxygen atoms in total. The zero-order chi connectivity index (χ0) is 15.8. The van der Waals surface area contributed by atoms with E-state index in [4.69, 9.17) is 10.5 Å². The second-order valence-corrected chi connectivity index (χ2v) is 5.41. The van der Waals surface area contributed by atoms with Gasteiger partial charge in [-0.1, -0.05) is 44.0 Å². The molecule has 0 atom stereocenters. The molecule has 2 aromatic rings. The largest absolute Gasteiger partial charge is 0.487 e. The summed E-state index contributed by atoms with van der Waals surface area (Å²) in [5.41, 5.74) is 8.84. The smallest absolute Gasteiger partial charge is 0.132 e. The van der Waals surface area contributed by atoms with E-state index in [1.165, 1.54) is 18.4 Å². The predicted molar refractivity (Wildman–Crippen MR) is 87.6 cm³/mol. The van der Waals surface area contributed by atoms with Crippen LogP contribution in [0.2, 0.25) is 0 Å². The fourth-order valence-corrected chi connectivity index (χ4v) is 2.38. The molecule has 2 N–H and O–H groups in total. The number of nitrogens with two attached hydrogens (primary N) is 1. The number of aromatic nitrogens is 3. The van der Waals surface area contributed by atoms with Crippen molar-refractivity contribution in [3.8, 4) is 5.75 Å². The van der Waals surface area contributed by atoms with Crippen LogP contribution in [0.4, 0.5) is 0 Å². The van der Waals surface area contributed by atoms with Gasteiger partial charge in [0.2, 0.25) is 0 Å². The summed E-state index contributed by atoms with van der Waals surface area (Å²) in [6, 6.07) is 8.18. The van der Waals surface area contributed by atoms with E-state index in [2.05, 4.69) is 36.3 Å². The van der Waals surface area contributed by atoms with E-state index in [0.29, 0.717) is 13.2 Å². The molecule has 0 spiro atoms. The van der Waals surface area contributed by atoms with Crippen molar-refractivity contribution in [3.63, 3.8) is 0 Å². The third-order valence-corrected chi connectivity index (χ3v) is 3.77. The molecule has 0 aliphatic rings. The van der Waals surface area contributed by atoms with Crippen LogP contribution in [0.15, 0.2) is 24.3 Å². The molecule has 0 fully saturated rings. The van der Waals surface area contributed by atoms with Crippen molar-refractivity contribution in [1.29, 1.82) is 0 Å². The summed E-state index contributed by atoms with van der Waals surface area (Å²) in [7, 11) is 0. The molecule has 22 heavy (non-hydrogen) atoms. The highest BCUT2D eigenvalue weighted by Gasteiger charge is 2.12. The van der Waals surface area contributed by atoms with Crippen molar-refractivity contribution < 1.29 is 4.74 Å². The zero-order valence-electron chi connectivity index (χ0n) is 13.6. The molecule has 0 aliphatic heterocycles. The molecule has 0 aliphatic carbocycles. The Morgan fingerprint density at radius 3 is 2.82 bits per heavy atom. The van der Waals surface area contributed by atoms with Crippen LogP contribution in [-0.2, 0) is 26.1 Å². The summed E-state index contributed by atoms with van der Waals surface area (Å²) in [5, 5.41) is 8.38. The first kappa shape index (κ1) is 16.5. The van der Waals surface area contributed by atoms with Crippen molar-refractivity contribution in [2.75, 3.05) is 0 Å². The van der Waals surface area contributed by atoms with Gasteiger partial charge in [-0.25, -0.2) is 4.68 Å². The van der Waals surface area contributed by atoms with Crippen molar-refractivity contribution in [2.24, 2.45) is 5.73 Å². The number of ether oxygens (including phenoxy) is 1. The molecule has 1 heterocycles. The molecular formula is C17H26N4O. The first-order valence-corrected chi connectivity index (χ1v) is 8.11. The molecule has 5 heteroatoms. The number of rotatable bonds is 9. The lowest BCUT2D eigenvalue weighted by atomic mass is 10.2. The first-order valence-electron chi connectivity index (χ1n) is 8.11. The van der Waals surface area contributed by atoms with Gasteiger partial charge in [-0.2, -0.15) is 0 Å². The third-order valence-electron chi connectivity index (χ3n) is 3.77. The quantitative estimate of drug-likeness (QED) is 0.723. The number of unbranched alkanes of at least 4 members (excludes halogenated alkanes) is 2. The number of benzene rings is 1. The zero-order valence-corrected chi connectivity index (χ0v) is 13.6. The van der Waals surface area contributed by atoms with Crippen LogP contribution in [0.1, 0.15) is 50.1 Å². The van der Waals surface area contributed by atoms with Gasteiger partial charge in [-0.3, -0.25) is 0 Å². The van der Waals surface area contributed by atoms with Gasteiger partial charge in [0.15, 0.2) is 0 Å². The first-order chi connectivity index (χ1) is 10.8. The Kier molecular flexibility index (Phi) is 6.40. The summed E-state index contributed by atoms with van der Waals surface area (Å²) in [6.07, 6.45) is 4.48. The topological polar surface area (TPSA) is 66.0 Å². The number of nitrogens with zero attached hydrogens (tertiary/aromatic N) is 3. The van der Waals surface area contributed by atoms with Crippen LogP contribution in [0.3, 0.4) is 0 Å². The Morgan fingerprint density at radius 2 is 2.09 bits per heavy atom. The van der Waals surface area contributed by atoms with E-state index in [0.717, 1.165) is 36.5 Å². The molecule has 1 aromatic heterocycles. The lowest BCUT2D eigenvalue weighted by Gasteiger charge is -2.10. The Morgan fingerprint density at radius 1 is 1.23 bits per heavy atom. The van der Waals surface area contributed by atoms with E-state index in [1.807, 2.05) is 16.8 Å². The van der Waals surface area contributed by atoms with Gasteiger partial charge in [-0.15, -0.1) is 5.10 Å². The van der Waals surface area contributed by atoms with E-state index in [9.17, 15) is 0 Å². The van der Waals surface area contributed by atoms with Gasteiger partial charge in [0.1, 0.15) is 23.7 Å². The Hall–Kier alpha value is -1.88. The molecule has 0 saturated carbocycles. The SMILES string of the molecule is CCCCCn1nnc(CN)c1COc1cccc(CC)c1. The Labute approximate surface area is 132 Å². The molecule has 0 unspecified atom stereocenters. The van der Waals surface area contributed by atoms with Crippen molar-refractivity contribution in [2.45, 2.75) is 59.2 Å². The van der Waals surface area contributed by atoms with E-state index >= 15 is 0 Å². The minimum atomic E-state index is 0.390. The van der Waals surface area contributed by atoms with Crippen molar-refractivity contribution >= 4 is 0 Å². The van der Waals surface area contributed by atoms with Crippen LogP contribution < -0.4 is 10.5 Å². The lowest BCUT2D eigenvalue weighted by Crippen LogP contribution is -2.11. The molecule has 120 valence electrons. The second kappa shape index (κ2) is 8.54. The molecule has 1 aromatic carbocycles. The predicted octanol–water partition coefficient (Wildman–Crippen LogP) is 3.07. The molecule has 2 rings (SSSR count). The summed E-state index contributed by atoms with van der Waals surface area (Å²) >= 11 is 0. The number of aryl methyl sites for hydroxylation is 2. The number of hydrogen-bond donors (Lipinski definition) is 1. The maximum atomic E-state index is 5.93. The van der Waals surface area contributed by atoms with Crippen molar-refractivity contribution in [3.05, 3.63) is 41.2 Å². The Bertz CT molecular complexity index is 580. The average molecular weight is 302 g/mol. The Balaban J connectivity index is 2.05.